The van der Waals surface area contributed by atoms with Gasteiger partial charge in [-0.3, -0.25) is 4.79 Å². The van der Waals surface area contributed by atoms with Gasteiger partial charge in [-0.25, -0.2) is 0 Å². The van der Waals surface area contributed by atoms with Crippen LogP contribution < -0.4 is 11.1 Å². The molecular weight excluding hydrogens is 310 g/mol. The first kappa shape index (κ1) is 18.2. The normalized spacial score (nSPS) is 25.1. The molecule has 0 bridgehead atoms. The minimum absolute atomic E-state index is 0.196. The van der Waals surface area contributed by atoms with Gasteiger partial charge in [0, 0.05) is 25.0 Å². The van der Waals surface area contributed by atoms with Crippen LogP contribution in [0, 0.1) is 5.92 Å². The third kappa shape index (κ3) is 5.41. The van der Waals surface area contributed by atoms with Gasteiger partial charge in [-0.1, -0.05) is 48.9 Å². The van der Waals surface area contributed by atoms with E-state index in [0.29, 0.717) is 24.4 Å². The van der Waals surface area contributed by atoms with Gasteiger partial charge in [0.25, 0.3) is 0 Å². The van der Waals surface area contributed by atoms with Crippen LogP contribution in [-0.4, -0.2) is 42.5 Å². The lowest BCUT2D eigenvalue weighted by atomic mass is 10.0. The molecule has 4 nitrogen and oxygen atoms in total. The number of benzene rings is 1. The number of piperidine rings is 1. The van der Waals surface area contributed by atoms with E-state index in [0.717, 1.165) is 26.1 Å². The highest BCUT2D eigenvalue weighted by molar-refractivity contribution is 5.73. The first-order valence-corrected chi connectivity index (χ1v) is 9.68. The van der Waals surface area contributed by atoms with Crippen molar-refractivity contribution in [3.63, 3.8) is 0 Å². The Morgan fingerprint density at radius 3 is 2.64 bits per heavy atom. The Hall–Kier alpha value is -1.65. The molecule has 1 aromatic rings. The molecule has 3 N–H and O–H groups in total. The van der Waals surface area contributed by atoms with E-state index in [4.69, 9.17) is 5.73 Å². The largest absolute Gasteiger partial charge is 0.370 e. The number of primary amides is 1. The Balaban J connectivity index is 1.44. The fourth-order valence-electron chi connectivity index (χ4n) is 3.92. The van der Waals surface area contributed by atoms with Crippen molar-refractivity contribution in [3.8, 4) is 0 Å². The summed E-state index contributed by atoms with van der Waals surface area (Å²) in [5.41, 5.74) is 8.12. The summed E-state index contributed by atoms with van der Waals surface area (Å²) >= 11 is 0. The standard InChI is InChI=1S/C21H31N3O/c1-2-17(14-16-6-4-3-5-7-16)19-15-20(19)23-18-8-11-24(12-9-18)13-10-21(22)25/h3-7,14,18-20,23H,2,8-13,15H2,1H3,(H2,22,25)/b17-14+/t19-,20+/m1/s1. The smallest absolute Gasteiger partial charge is 0.218 e. The van der Waals surface area contributed by atoms with Crippen LogP contribution >= 0.6 is 0 Å². The zero-order valence-electron chi connectivity index (χ0n) is 15.3. The van der Waals surface area contributed by atoms with Crippen molar-refractivity contribution in [1.82, 2.24) is 10.2 Å². The van der Waals surface area contributed by atoms with E-state index in [1.807, 2.05) is 0 Å². The molecule has 0 radical (unpaired) electrons. The summed E-state index contributed by atoms with van der Waals surface area (Å²) in [6, 6.07) is 11.9. The van der Waals surface area contributed by atoms with Crippen LogP contribution in [0.1, 0.15) is 44.6 Å². The Morgan fingerprint density at radius 1 is 1.28 bits per heavy atom. The monoisotopic (exact) mass is 341 g/mol. The van der Waals surface area contributed by atoms with Crippen molar-refractivity contribution in [2.45, 2.75) is 51.1 Å². The summed E-state index contributed by atoms with van der Waals surface area (Å²) in [4.78, 5) is 13.3. The number of amides is 1. The number of hydrogen-bond acceptors (Lipinski definition) is 3. The maximum Gasteiger partial charge on any atom is 0.218 e. The summed E-state index contributed by atoms with van der Waals surface area (Å²) in [7, 11) is 0. The molecular formula is C21H31N3O. The highest BCUT2D eigenvalue weighted by Gasteiger charge is 2.40. The Labute approximate surface area is 151 Å². The van der Waals surface area contributed by atoms with Crippen LogP contribution in [-0.2, 0) is 4.79 Å². The zero-order valence-corrected chi connectivity index (χ0v) is 15.3. The molecule has 25 heavy (non-hydrogen) atoms. The summed E-state index contributed by atoms with van der Waals surface area (Å²) < 4.78 is 0. The van der Waals surface area contributed by atoms with Gasteiger partial charge in [0.05, 0.1) is 0 Å². The fourth-order valence-corrected chi connectivity index (χ4v) is 3.92. The second-order valence-corrected chi connectivity index (χ2v) is 7.43. The van der Waals surface area contributed by atoms with E-state index in [2.05, 4.69) is 53.5 Å². The predicted octanol–water partition coefficient (Wildman–Crippen LogP) is 2.80. The van der Waals surface area contributed by atoms with Gasteiger partial charge in [-0.2, -0.15) is 0 Å². The van der Waals surface area contributed by atoms with Gasteiger partial charge in [-0.05, 0) is 50.3 Å². The van der Waals surface area contributed by atoms with E-state index in [9.17, 15) is 4.79 Å². The molecule has 2 aliphatic rings. The highest BCUT2D eigenvalue weighted by Crippen LogP contribution is 2.40. The molecule has 1 amide bonds. The highest BCUT2D eigenvalue weighted by atomic mass is 16.1. The van der Waals surface area contributed by atoms with Crippen LogP contribution in [0.25, 0.3) is 6.08 Å². The number of nitrogens with one attached hydrogen (secondary N) is 1. The molecule has 1 saturated carbocycles. The molecule has 136 valence electrons. The number of nitrogens with two attached hydrogens (primary N) is 1. The maximum absolute atomic E-state index is 10.9. The molecule has 2 atom stereocenters. The molecule has 1 aromatic carbocycles. The number of carbonyl (C=O) groups is 1. The predicted molar refractivity (Wildman–Crippen MR) is 103 cm³/mol. The van der Waals surface area contributed by atoms with E-state index in [1.54, 1.807) is 5.57 Å². The second-order valence-electron chi connectivity index (χ2n) is 7.43. The molecule has 1 heterocycles. The van der Waals surface area contributed by atoms with Crippen molar-refractivity contribution in [2.24, 2.45) is 11.7 Å². The van der Waals surface area contributed by atoms with Gasteiger partial charge >= 0.3 is 0 Å². The summed E-state index contributed by atoms with van der Waals surface area (Å²) in [5, 5.41) is 3.87. The molecule has 0 spiro atoms. The zero-order chi connectivity index (χ0) is 17.6. The first-order chi connectivity index (χ1) is 12.2. The summed E-state index contributed by atoms with van der Waals surface area (Å²) in [5.74, 6) is 0.511. The summed E-state index contributed by atoms with van der Waals surface area (Å²) in [6.07, 6.45) is 7.60. The SMILES string of the molecule is CC/C(=C\c1ccccc1)[C@H]1C[C@@H]1NC1CCN(CCC(N)=O)CC1. The number of likely N-dealkylation sites (tertiary alicyclic amines) is 1. The number of carbonyl (C=O) groups excluding carboxylic acids is 1. The van der Waals surface area contributed by atoms with Crippen molar-refractivity contribution in [1.29, 1.82) is 0 Å². The molecule has 1 saturated heterocycles. The van der Waals surface area contributed by atoms with Crippen molar-refractivity contribution in [3.05, 3.63) is 41.5 Å². The van der Waals surface area contributed by atoms with Gasteiger partial charge in [-0.15, -0.1) is 0 Å². The number of nitrogens with zero attached hydrogens (tertiary/aromatic N) is 1. The van der Waals surface area contributed by atoms with Crippen LogP contribution in [0.5, 0.6) is 0 Å². The van der Waals surface area contributed by atoms with Crippen molar-refractivity contribution in [2.75, 3.05) is 19.6 Å². The van der Waals surface area contributed by atoms with Gasteiger partial charge in [0.15, 0.2) is 0 Å². The topological polar surface area (TPSA) is 58.4 Å². The van der Waals surface area contributed by atoms with E-state index in [-0.39, 0.29) is 5.91 Å². The quantitative estimate of drug-likeness (QED) is 0.764. The fraction of sp³-hybridized carbons (Fsp3) is 0.571. The lowest BCUT2D eigenvalue weighted by Crippen LogP contribution is -2.44. The van der Waals surface area contributed by atoms with Crippen LogP contribution in [0.4, 0.5) is 0 Å². The third-order valence-electron chi connectivity index (χ3n) is 5.54. The van der Waals surface area contributed by atoms with Crippen molar-refractivity contribution >= 4 is 12.0 Å². The molecule has 1 aliphatic carbocycles. The molecule has 0 unspecified atom stereocenters. The molecule has 3 rings (SSSR count). The Morgan fingerprint density at radius 2 is 2.00 bits per heavy atom. The van der Waals surface area contributed by atoms with Gasteiger partial charge < -0.3 is 16.0 Å². The number of rotatable bonds is 8. The third-order valence-corrected chi connectivity index (χ3v) is 5.54. The van der Waals surface area contributed by atoms with E-state index < -0.39 is 0 Å². The first-order valence-electron chi connectivity index (χ1n) is 9.68. The van der Waals surface area contributed by atoms with E-state index in [1.165, 1.54) is 24.8 Å². The average molecular weight is 341 g/mol. The lowest BCUT2D eigenvalue weighted by molar-refractivity contribution is -0.118. The Bertz CT molecular complexity index is 590. The lowest BCUT2D eigenvalue weighted by Gasteiger charge is -2.32. The average Bonchev–Trinajstić information content (AvgIpc) is 3.39. The van der Waals surface area contributed by atoms with E-state index >= 15 is 0 Å². The molecule has 0 aromatic heterocycles. The minimum Gasteiger partial charge on any atom is -0.370 e. The van der Waals surface area contributed by atoms with Crippen molar-refractivity contribution < 1.29 is 4.79 Å². The number of hydrogen-bond donors (Lipinski definition) is 2. The molecule has 2 fully saturated rings. The van der Waals surface area contributed by atoms with Crippen LogP contribution in [0.2, 0.25) is 0 Å². The maximum atomic E-state index is 10.9. The second kappa shape index (κ2) is 8.63. The molecule has 1 aliphatic heterocycles. The van der Waals surface area contributed by atoms with Crippen LogP contribution in [0.3, 0.4) is 0 Å². The van der Waals surface area contributed by atoms with Crippen LogP contribution in [0.15, 0.2) is 35.9 Å². The van der Waals surface area contributed by atoms with Gasteiger partial charge in [0.1, 0.15) is 0 Å². The Kier molecular flexibility index (Phi) is 6.27. The minimum atomic E-state index is -0.196. The molecule has 4 heteroatoms. The summed E-state index contributed by atoms with van der Waals surface area (Å²) in [6.45, 7) is 5.22. The van der Waals surface area contributed by atoms with Gasteiger partial charge in [0.2, 0.25) is 5.91 Å².